The van der Waals surface area contributed by atoms with E-state index < -0.39 is 11.6 Å². The minimum absolute atomic E-state index is 0.0113. The molecule has 1 atom stereocenters. The van der Waals surface area contributed by atoms with Crippen molar-refractivity contribution in [3.8, 4) is 0 Å². The third kappa shape index (κ3) is 2.61. The Morgan fingerprint density at radius 1 is 1.41 bits per heavy atom. The molecule has 1 aliphatic heterocycles. The summed E-state index contributed by atoms with van der Waals surface area (Å²) >= 11 is 0. The van der Waals surface area contributed by atoms with Gasteiger partial charge in [-0.2, -0.15) is 0 Å². The van der Waals surface area contributed by atoms with E-state index >= 15 is 0 Å². The summed E-state index contributed by atoms with van der Waals surface area (Å²) in [6.45, 7) is 3.10. The van der Waals surface area contributed by atoms with Gasteiger partial charge < -0.3 is 10.6 Å². The lowest BCUT2D eigenvalue weighted by Gasteiger charge is -2.27. The normalized spacial score (nSPS) is 17.4. The van der Waals surface area contributed by atoms with Gasteiger partial charge in [0, 0.05) is 13.1 Å². The van der Waals surface area contributed by atoms with Crippen molar-refractivity contribution in [2.24, 2.45) is 5.92 Å². The zero-order chi connectivity index (χ0) is 12.4. The van der Waals surface area contributed by atoms with Crippen molar-refractivity contribution < 1.29 is 13.6 Å². The van der Waals surface area contributed by atoms with E-state index in [4.69, 9.17) is 0 Å². The molecular weight excluding hydrogens is 226 g/mol. The van der Waals surface area contributed by atoms with Crippen LogP contribution in [0.2, 0.25) is 0 Å². The van der Waals surface area contributed by atoms with Crippen LogP contribution >= 0.6 is 0 Å². The first kappa shape index (κ1) is 12.0. The zero-order valence-corrected chi connectivity index (χ0v) is 9.47. The van der Waals surface area contributed by atoms with Crippen molar-refractivity contribution in [2.75, 3.05) is 13.1 Å². The predicted molar refractivity (Wildman–Crippen MR) is 59.3 cm³/mol. The Hall–Kier alpha value is -1.49. The number of rotatable bonds is 3. The Balaban J connectivity index is 2.00. The van der Waals surface area contributed by atoms with Crippen molar-refractivity contribution in [3.05, 3.63) is 35.4 Å². The maximum atomic E-state index is 13.0. The van der Waals surface area contributed by atoms with Gasteiger partial charge in [0.25, 0.3) is 0 Å². The maximum absolute atomic E-state index is 13.0. The quantitative estimate of drug-likeness (QED) is 0.837. The van der Waals surface area contributed by atoms with Crippen LogP contribution in [0.3, 0.4) is 0 Å². The SMILES string of the molecule is CC(NC(=O)C1CNC1)c1ccc(F)c(F)c1. The largest absolute Gasteiger partial charge is 0.349 e. The molecule has 1 saturated heterocycles. The molecule has 0 spiro atoms. The summed E-state index contributed by atoms with van der Waals surface area (Å²) in [7, 11) is 0. The molecule has 2 N–H and O–H groups in total. The second-order valence-electron chi connectivity index (χ2n) is 4.26. The van der Waals surface area contributed by atoms with Gasteiger partial charge in [-0.25, -0.2) is 8.78 Å². The minimum Gasteiger partial charge on any atom is -0.349 e. The molecule has 92 valence electrons. The van der Waals surface area contributed by atoms with Crippen molar-refractivity contribution >= 4 is 5.91 Å². The maximum Gasteiger partial charge on any atom is 0.226 e. The van der Waals surface area contributed by atoms with Crippen molar-refractivity contribution in [1.29, 1.82) is 0 Å². The number of carbonyl (C=O) groups is 1. The smallest absolute Gasteiger partial charge is 0.226 e. The molecular formula is C12H14F2N2O. The first-order chi connectivity index (χ1) is 8.08. The fourth-order valence-electron chi connectivity index (χ4n) is 1.67. The summed E-state index contributed by atoms with van der Waals surface area (Å²) in [6.07, 6.45) is 0. The topological polar surface area (TPSA) is 41.1 Å². The number of hydrogen-bond acceptors (Lipinski definition) is 2. The van der Waals surface area contributed by atoms with Crippen molar-refractivity contribution in [3.63, 3.8) is 0 Å². The molecule has 1 amide bonds. The van der Waals surface area contributed by atoms with E-state index in [9.17, 15) is 13.6 Å². The summed E-state index contributed by atoms with van der Waals surface area (Å²) < 4.78 is 25.8. The number of nitrogens with one attached hydrogen (secondary N) is 2. The predicted octanol–water partition coefficient (Wildman–Crippen LogP) is 1.36. The van der Waals surface area contributed by atoms with Crippen molar-refractivity contribution in [1.82, 2.24) is 10.6 Å². The Kier molecular flexibility index (Phi) is 3.38. The zero-order valence-electron chi connectivity index (χ0n) is 9.47. The molecule has 3 nitrogen and oxygen atoms in total. The molecule has 1 aliphatic rings. The van der Waals surface area contributed by atoms with E-state index in [2.05, 4.69) is 10.6 Å². The van der Waals surface area contributed by atoms with Crippen LogP contribution in [0.15, 0.2) is 18.2 Å². The second-order valence-corrected chi connectivity index (χ2v) is 4.26. The molecule has 0 aromatic heterocycles. The third-order valence-electron chi connectivity index (χ3n) is 2.95. The Morgan fingerprint density at radius 2 is 2.12 bits per heavy atom. The molecule has 0 radical (unpaired) electrons. The van der Waals surface area contributed by atoms with Crippen LogP contribution in [0.4, 0.5) is 8.78 Å². The molecule has 1 fully saturated rings. The van der Waals surface area contributed by atoms with Crippen LogP contribution in [0, 0.1) is 17.6 Å². The van der Waals surface area contributed by atoms with Crippen LogP contribution in [0.5, 0.6) is 0 Å². The van der Waals surface area contributed by atoms with E-state index in [1.165, 1.54) is 6.07 Å². The molecule has 0 bridgehead atoms. The Labute approximate surface area is 98.2 Å². The summed E-state index contributed by atoms with van der Waals surface area (Å²) in [6, 6.07) is 3.33. The fraction of sp³-hybridized carbons (Fsp3) is 0.417. The van der Waals surface area contributed by atoms with Gasteiger partial charge in [0.1, 0.15) is 0 Å². The van der Waals surface area contributed by atoms with Crippen LogP contribution in [0.25, 0.3) is 0 Å². The van der Waals surface area contributed by atoms with Crippen molar-refractivity contribution in [2.45, 2.75) is 13.0 Å². The summed E-state index contributed by atoms with van der Waals surface area (Å²) in [5.74, 6) is -1.84. The summed E-state index contributed by atoms with van der Waals surface area (Å²) in [5, 5.41) is 5.78. The molecule has 1 heterocycles. The minimum atomic E-state index is -0.895. The van der Waals surface area contributed by atoms with E-state index in [0.717, 1.165) is 12.1 Å². The molecule has 1 unspecified atom stereocenters. The van der Waals surface area contributed by atoms with E-state index in [1.54, 1.807) is 6.92 Å². The van der Waals surface area contributed by atoms with Crippen LogP contribution in [-0.4, -0.2) is 19.0 Å². The highest BCUT2D eigenvalue weighted by Gasteiger charge is 2.26. The van der Waals surface area contributed by atoms with Gasteiger partial charge in [-0.15, -0.1) is 0 Å². The average molecular weight is 240 g/mol. The molecule has 0 saturated carbocycles. The Bertz CT molecular complexity index is 433. The van der Waals surface area contributed by atoms with E-state index in [1.807, 2.05) is 0 Å². The standard InChI is InChI=1S/C12H14F2N2O/c1-7(16-12(17)9-5-15-6-9)8-2-3-10(13)11(14)4-8/h2-4,7,9,15H,5-6H2,1H3,(H,16,17). The number of halogens is 2. The molecule has 17 heavy (non-hydrogen) atoms. The van der Waals surface area contributed by atoms with Gasteiger partial charge in [0.2, 0.25) is 5.91 Å². The number of benzene rings is 1. The van der Waals surface area contributed by atoms with Crippen LogP contribution < -0.4 is 10.6 Å². The number of hydrogen-bond donors (Lipinski definition) is 2. The molecule has 0 aliphatic carbocycles. The lowest BCUT2D eigenvalue weighted by Crippen LogP contribution is -2.51. The van der Waals surface area contributed by atoms with Gasteiger partial charge in [-0.3, -0.25) is 4.79 Å². The molecule has 1 aromatic carbocycles. The average Bonchev–Trinajstić information content (AvgIpc) is 2.19. The monoisotopic (exact) mass is 240 g/mol. The molecule has 5 heteroatoms. The van der Waals surface area contributed by atoms with Gasteiger partial charge in [-0.1, -0.05) is 6.07 Å². The highest BCUT2D eigenvalue weighted by Crippen LogP contribution is 2.16. The van der Waals surface area contributed by atoms with Gasteiger partial charge in [0.15, 0.2) is 11.6 Å². The first-order valence-electron chi connectivity index (χ1n) is 5.54. The van der Waals surface area contributed by atoms with Gasteiger partial charge >= 0.3 is 0 Å². The molecule has 2 rings (SSSR count). The van der Waals surface area contributed by atoms with E-state index in [0.29, 0.717) is 18.7 Å². The lowest BCUT2D eigenvalue weighted by atomic mass is 10.0. The van der Waals surface area contributed by atoms with Gasteiger partial charge in [-0.05, 0) is 24.6 Å². The third-order valence-corrected chi connectivity index (χ3v) is 2.95. The van der Waals surface area contributed by atoms with E-state index in [-0.39, 0.29) is 17.9 Å². The van der Waals surface area contributed by atoms with Gasteiger partial charge in [0.05, 0.1) is 12.0 Å². The lowest BCUT2D eigenvalue weighted by molar-refractivity contribution is -0.127. The first-order valence-corrected chi connectivity index (χ1v) is 5.54. The van der Waals surface area contributed by atoms with Crippen LogP contribution in [0.1, 0.15) is 18.5 Å². The fourth-order valence-corrected chi connectivity index (χ4v) is 1.67. The molecule has 1 aromatic rings. The number of amides is 1. The summed E-state index contributed by atoms with van der Waals surface area (Å²) in [5.41, 5.74) is 0.560. The highest BCUT2D eigenvalue weighted by molar-refractivity contribution is 5.80. The van der Waals surface area contributed by atoms with Crippen LogP contribution in [-0.2, 0) is 4.79 Å². The summed E-state index contributed by atoms with van der Waals surface area (Å²) in [4.78, 5) is 11.6. The second kappa shape index (κ2) is 4.79. The highest BCUT2D eigenvalue weighted by atomic mass is 19.2. The number of carbonyl (C=O) groups excluding carboxylic acids is 1. The Morgan fingerprint density at radius 3 is 2.65 bits per heavy atom.